The molecule has 3 aromatic rings. The molecule has 0 saturated heterocycles. The van der Waals surface area contributed by atoms with E-state index < -0.39 is 18.6 Å². The molecule has 22 heavy (non-hydrogen) atoms. The van der Waals surface area contributed by atoms with Crippen LogP contribution in [0.15, 0.2) is 36.1 Å². The third-order valence-corrected chi connectivity index (χ3v) is 3.69. The van der Waals surface area contributed by atoms with Crippen LogP contribution in [0.2, 0.25) is 0 Å². The largest absolute Gasteiger partial charge is 0.405 e. The van der Waals surface area contributed by atoms with Crippen LogP contribution in [-0.4, -0.2) is 33.0 Å². The second-order valence-electron chi connectivity index (χ2n) is 4.44. The molecule has 0 unspecified atom stereocenters. The Kier molecular flexibility index (Phi) is 3.57. The Hall–Kier alpha value is -2.42. The van der Waals surface area contributed by atoms with Crippen LogP contribution in [0.25, 0.3) is 16.2 Å². The summed E-state index contributed by atoms with van der Waals surface area (Å²) in [7, 11) is 0. The highest BCUT2D eigenvalue weighted by Gasteiger charge is 2.28. The van der Waals surface area contributed by atoms with E-state index in [1.807, 2.05) is 11.4 Å². The minimum atomic E-state index is -4.44. The molecular weight excluding hydrogens is 317 g/mol. The first kappa shape index (κ1) is 14.5. The van der Waals surface area contributed by atoms with Crippen molar-refractivity contribution in [2.45, 2.75) is 6.18 Å². The van der Waals surface area contributed by atoms with E-state index >= 15 is 0 Å². The summed E-state index contributed by atoms with van der Waals surface area (Å²) >= 11 is 1.18. The van der Waals surface area contributed by atoms with Crippen LogP contribution in [-0.2, 0) is 0 Å². The van der Waals surface area contributed by atoms with Gasteiger partial charge in [0.15, 0.2) is 4.96 Å². The van der Waals surface area contributed by atoms with Gasteiger partial charge < -0.3 is 5.32 Å². The zero-order valence-electron chi connectivity index (χ0n) is 11.0. The molecule has 3 heterocycles. The van der Waals surface area contributed by atoms with Gasteiger partial charge in [-0.2, -0.15) is 13.2 Å². The quantitative estimate of drug-likeness (QED) is 0.805. The lowest BCUT2D eigenvalue weighted by atomic mass is 10.2. The number of hydrogen-bond donors (Lipinski definition) is 1. The van der Waals surface area contributed by atoms with E-state index in [4.69, 9.17) is 0 Å². The minimum Gasteiger partial charge on any atom is -0.342 e. The highest BCUT2D eigenvalue weighted by molar-refractivity contribution is 7.15. The van der Waals surface area contributed by atoms with Crippen molar-refractivity contribution in [3.05, 3.63) is 41.8 Å². The Morgan fingerprint density at radius 3 is 2.91 bits per heavy atom. The van der Waals surface area contributed by atoms with Crippen molar-refractivity contribution in [2.75, 3.05) is 6.54 Å². The third kappa shape index (κ3) is 2.93. The Balaban J connectivity index is 1.89. The molecule has 5 nitrogen and oxygen atoms in total. The van der Waals surface area contributed by atoms with E-state index in [-0.39, 0.29) is 5.69 Å². The third-order valence-electron chi connectivity index (χ3n) is 2.85. The van der Waals surface area contributed by atoms with Gasteiger partial charge >= 0.3 is 6.18 Å². The summed E-state index contributed by atoms with van der Waals surface area (Å²) in [5.74, 6) is -0.793. The molecular formula is C13H9F3N4OS. The molecule has 0 fully saturated rings. The fourth-order valence-corrected chi connectivity index (χ4v) is 2.72. The highest BCUT2D eigenvalue weighted by Crippen LogP contribution is 2.23. The van der Waals surface area contributed by atoms with Crippen LogP contribution in [0.3, 0.4) is 0 Å². The van der Waals surface area contributed by atoms with Gasteiger partial charge in [0.05, 0.1) is 5.69 Å². The van der Waals surface area contributed by atoms with Crippen molar-refractivity contribution in [3.63, 3.8) is 0 Å². The Morgan fingerprint density at radius 2 is 2.23 bits per heavy atom. The van der Waals surface area contributed by atoms with Gasteiger partial charge in [-0.05, 0) is 12.1 Å². The van der Waals surface area contributed by atoms with Crippen LogP contribution in [0.5, 0.6) is 0 Å². The molecule has 0 aliphatic carbocycles. The highest BCUT2D eigenvalue weighted by atomic mass is 32.1. The number of rotatable bonds is 3. The molecule has 0 aliphatic heterocycles. The number of carbonyl (C=O) groups excluding carboxylic acids is 1. The molecule has 1 N–H and O–H groups in total. The molecule has 114 valence electrons. The number of fused-ring (bicyclic) bond motifs is 1. The average molecular weight is 326 g/mol. The van der Waals surface area contributed by atoms with Crippen LogP contribution >= 0.6 is 11.3 Å². The van der Waals surface area contributed by atoms with Crippen molar-refractivity contribution in [1.29, 1.82) is 0 Å². The van der Waals surface area contributed by atoms with Crippen molar-refractivity contribution >= 4 is 22.2 Å². The van der Waals surface area contributed by atoms with Crippen molar-refractivity contribution < 1.29 is 18.0 Å². The Bertz CT molecular complexity index is 810. The summed E-state index contributed by atoms with van der Waals surface area (Å²) in [5, 5.41) is 3.32. The summed E-state index contributed by atoms with van der Waals surface area (Å²) in [6.45, 7) is -1.37. The van der Waals surface area contributed by atoms with Crippen LogP contribution < -0.4 is 5.32 Å². The zero-order valence-corrected chi connectivity index (χ0v) is 11.8. The van der Waals surface area contributed by atoms with Gasteiger partial charge in [-0.3, -0.25) is 14.2 Å². The second kappa shape index (κ2) is 5.41. The van der Waals surface area contributed by atoms with Gasteiger partial charge in [0.1, 0.15) is 12.2 Å². The van der Waals surface area contributed by atoms with Crippen molar-refractivity contribution in [3.8, 4) is 11.3 Å². The number of amides is 1. The molecule has 3 aromatic heterocycles. The lowest BCUT2D eigenvalue weighted by Crippen LogP contribution is -2.34. The number of halogens is 3. The fourth-order valence-electron chi connectivity index (χ4n) is 1.87. The van der Waals surface area contributed by atoms with Gasteiger partial charge in [0.25, 0.3) is 5.91 Å². The van der Waals surface area contributed by atoms with Gasteiger partial charge in [-0.15, -0.1) is 11.3 Å². The molecule has 3 rings (SSSR count). The van der Waals surface area contributed by atoms with Gasteiger partial charge in [0.2, 0.25) is 0 Å². The predicted molar refractivity (Wildman–Crippen MR) is 74.7 cm³/mol. The molecule has 0 aromatic carbocycles. The molecule has 9 heteroatoms. The summed E-state index contributed by atoms with van der Waals surface area (Å²) in [5.41, 5.74) is 1.48. The maximum absolute atomic E-state index is 12.2. The normalized spacial score (nSPS) is 11.8. The lowest BCUT2D eigenvalue weighted by Gasteiger charge is -2.07. The standard InChI is InChI=1S/C13H9F3N4OS/c14-13(15,16)7-18-11(21)10-6-22-12-19-9(5-20(10)12)8-2-1-3-17-4-8/h1-6H,7H2,(H,18,21). The number of carbonyl (C=O) groups is 1. The molecule has 1 amide bonds. The second-order valence-corrected chi connectivity index (χ2v) is 5.28. The van der Waals surface area contributed by atoms with Crippen LogP contribution in [0.4, 0.5) is 13.2 Å². The predicted octanol–water partition coefficient (Wildman–Crippen LogP) is 2.75. The average Bonchev–Trinajstić information content (AvgIpc) is 3.05. The van der Waals surface area contributed by atoms with E-state index in [0.717, 1.165) is 5.56 Å². The number of hydrogen-bond acceptors (Lipinski definition) is 4. The summed E-state index contributed by atoms with van der Waals surface area (Å²) in [4.78, 5) is 20.7. The molecule has 0 atom stereocenters. The summed E-state index contributed by atoms with van der Waals surface area (Å²) in [6.07, 6.45) is 0.403. The van der Waals surface area contributed by atoms with Gasteiger partial charge in [0, 0.05) is 29.5 Å². The van der Waals surface area contributed by atoms with E-state index in [9.17, 15) is 18.0 Å². The SMILES string of the molecule is O=C(NCC(F)(F)F)c1csc2nc(-c3cccnc3)cn12. The maximum Gasteiger partial charge on any atom is 0.405 e. The van der Waals surface area contributed by atoms with E-state index in [1.165, 1.54) is 21.1 Å². The number of imidazole rings is 1. The van der Waals surface area contributed by atoms with E-state index in [2.05, 4.69) is 9.97 Å². The number of nitrogens with one attached hydrogen (secondary N) is 1. The van der Waals surface area contributed by atoms with Gasteiger partial charge in [-0.25, -0.2) is 4.98 Å². The zero-order chi connectivity index (χ0) is 15.7. The smallest absolute Gasteiger partial charge is 0.342 e. The van der Waals surface area contributed by atoms with Crippen LogP contribution in [0.1, 0.15) is 10.5 Å². The lowest BCUT2D eigenvalue weighted by molar-refractivity contribution is -0.123. The molecule has 0 saturated carbocycles. The van der Waals surface area contributed by atoms with E-state index in [1.54, 1.807) is 24.7 Å². The van der Waals surface area contributed by atoms with Crippen LogP contribution in [0, 0.1) is 0 Å². The number of pyridine rings is 1. The molecule has 0 aliphatic rings. The number of thiazole rings is 1. The first-order valence-electron chi connectivity index (χ1n) is 6.16. The Labute approximate surface area is 126 Å². The number of aromatic nitrogens is 3. The Morgan fingerprint density at radius 1 is 1.41 bits per heavy atom. The van der Waals surface area contributed by atoms with Crippen molar-refractivity contribution in [1.82, 2.24) is 19.7 Å². The maximum atomic E-state index is 12.2. The molecule has 0 spiro atoms. The summed E-state index contributed by atoms with van der Waals surface area (Å²) < 4.78 is 37.9. The number of alkyl halides is 3. The van der Waals surface area contributed by atoms with Gasteiger partial charge in [-0.1, -0.05) is 0 Å². The fraction of sp³-hybridized carbons (Fsp3) is 0.154. The monoisotopic (exact) mass is 326 g/mol. The first-order valence-corrected chi connectivity index (χ1v) is 7.04. The molecule has 0 bridgehead atoms. The topological polar surface area (TPSA) is 59.3 Å². The molecule has 0 radical (unpaired) electrons. The first-order chi connectivity index (χ1) is 10.4. The van der Waals surface area contributed by atoms with E-state index in [0.29, 0.717) is 10.7 Å². The van der Waals surface area contributed by atoms with Crippen molar-refractivity contribution in [2.24, 2.45) is 0 Å². The summed E-state index contributed by atoms with van der Waals surface area (Å²) in [6, 6.07) is 3.56. The minimum absolute atomic E-state index is 0.117. The number of nitrogens with zero attached hydrogens (tertiary/aromatic N) is 3.